The predicted molar refractivity (Wildman–Crippen MR) is 21.6 cm³/mol. The molecule has 0 aromatic heterocycles. The molecule has 0 saturated heterocycles. The molecule has 0 aliphatic rings. The van der Waals surface area contributed by atoms with Gasteiger partial charge in [-0.1, -0.05) is 0 Å². The van der Waals surface area contributed by atoms with Crippen LogP contribution in [0.25, 0.3) is 0 Å². The Morgan fingerprint density at radius 1 is 1.57 bits per heavy atom. The van der Waals surface area contributed by atoms with Gasteiger partial charge in [0.05, 0.1) is 0 Å². The number of rotatable bonds is 0. The molecule has 0 saturated carbocycles. The first kappa shape index (κ1) is 16.2. The Balaban J connectivity index is -0.0000000800. The summed E-state index contributed by atoms with van der Waals surface area (Å²) >= 11 is 0. The Labute approximate surface area is 130 Å². The maximum atomic E-state index is 6.25. The van der Waals surface area contributed by atoms with Crippen LogP contribution in [0.1, 0.15) is 0 Å². The van der Waals surface area contributed by atoms with Gasteiger partial charge in [0.1, 0.15) is 0 Å². The van der Waals surface area contributed by atoms with Gasteiger partial charge in [-0.3, -0.25) is 13.5 Å². The summed E-state index contributed by atoms with van der Waals surface area (Å²) in [5.74, 6) is 1.97. The smallest absolute Gasteiger partial charge is 0.461 e. The van der Waals surface area contributed by atoms with Crippen LogP contribution in [0.3, 0.4) is 0 Å². The summed E-state index contributed by atoms with van der Waals surface area (Å²) < 4.78 is 0. The molecule has 0 fully saturated rings. The third kappa shape index (κ3) is 17.8. The molecular weight excluding hydrogens is 138 g/mol. The van der Waals surface area contributed by atoms with Crippen LogP contribution in [0.2, 0.25) is 0 Å². The van der Waals surface area contributed by atoms with Gasteiger partial charge >= 0.3 is 103 Å². The molecule has 0 nitrogen and oxygen atoms in total. The van der Waals surface area contributed by atoms with Crippen molar-refractivity contribution in [1.29, 1.82) is 0 Å². The van der Waals surface area contributed by atoms with Crippen molar-refractivity contribution in [2.45, 2.75) is 0 Å². The summed E-state index contributed by atoms with van der Waals surface area (Å²) in [6, 6.07) is 0. The molecule has 2 heteroatoms. The van der Waals surface area contributed by atoms with E-state index >= 15 is 0 Å². The van der Waals surface area contributed by atoms with E-state index < -0.39 is 0 Å². The van der Waals surface area contributed by atoms with Crippen LogP contribution in [0.4, 0.5) is 0 Å². The summed E-state index contributed by atoms with van der Waals surface area (Å²) in [5.41, 5.74) is 0.421. The van der Waals surface area contributed by atoms with Crippen molar-refractivity contribution in [3.05, 3.63) is 25.5 Å². The van der Waals surface area contributed by atoms with Gasteiger partial charge in [-0.25, -0.2) is 0 Å². The van der Waals surface area contributed by atoms with Crippen LogP contribution in [0.15, 0.2) is 12.2 Å². The predicted octanol–water partition coefficient (Wildman–Crippen LogP) is -5.03. The fourth-order valence-corrected chi connectivity index (χ4v) is 0. The Morgan fingerprint density at radius 3 is 1.71 bits per heavy atom. The van der Waals surface area contributed by atoms with Gasteiger partial charge in [0.25, 0.3) is 0 Å². The Hall–Kier alpha value is 2.44. The quantitative estimate of drug-likeness (QED) is 0.180. The van der Waals surface area contributed by atoms with Crippen molar-refractivity contribution in [2.75, 3.05) is 0 Å². The largest absolute Gasteiger partial charge is 1.00 e. The zero-order valence-corrected chi connectivity index (χ0v) is 11.2. The van der Waals surface area contributed by atoms with Crippen molar-refractivity contribution in [2.24, 2.45) is 0 Å². The molecule has 0 bridgehead atoms. The molecule has 0 aromatic carbocycles. The van der Waals surface area contributed by atoms with Crippen LogP contribution in [-0.4, -0.2) is 0 Å². The molecule has 0 rings (SSSR count). The molecule has 0 aromatic rings. The standard InChI is InChI=1S/C5H4.2K/c1-4-5(2)3;;/h2-3H2;;/q-2;2*+1. The zero-order chi connectivity index (χ0) is 4.28. The zero-order valence-electron chi connectivity index (χ0n) is 4.91. The fraction of sp³-hybridized carbons (Fsp3) is 0. The van der Waals surface area contributed by atoms with Gasteiger partial charge in [0, 0.05) is 0 Å². The van der Waals surface area contributed by atoms with Gasteiger partial charge < -0.3 is 17.9 Å². The van der Waals surface area contributed by atoms with Crippen molar-refractivity contribution in [3.8, 4) is 5.92 Å². The van der Waals surface area contributed by atoms with Gasteiger partial charge in [-0.15, -0.1) is 0 Å². The van der Waals surface area contributed by atoms with Gasteiger partial charge in [0.15, 0.2) is 0 Å². The second kappa shape index (κ2) is 11.3. The van der Waals surface area contributed by atoms with Crippen molar-refractivity contribution in [3.63, 3.8) is 0 Å². The van der Waals surface area contributed by atoms with E-state index in [-0.39, 0.29) is 103 Å². The molecule has 0 amide bonds. The summed E-state index contributed by atoms with van der Waals surface area (Å²) in [6.07, 6.45) is 6.25. The monoisotopic (exact) mass is 142 g/mol. The van der Waals surface area contributed by atoms with E-state index in [0.29, 0.717) is 5.57 Å². The van der Waals surface area contributed by atoms with Crippen LogP contribution >= 0.6 is 0 Å². The summed E-state index contributed by atoms with van der Waals surface area (Å²) in [6.45, 7) is 6.53. The molecule has 0 heterocycles. The molecule has 0 N–H and O–H groups in total. The third-order valence-electron chi connectivity index (χ3n) is 0.177. The number of hydrogen-bond donors (Lipinski definition) is 0. The number of allylic oxidation sites excluding steroid dienone is 1. The van der Waals surface area contributed by atoms with E-state index in [1.54, 1.807) is 0 Å². The minimum absolute atomic E-state index is 0. The molecule has 0 radical (unpaired) electrons. The molecule has 0 spiro atoms. The fourth-order valence-electron chi connectivity index (χ4n) is 0. The van der Waals surface area contributed by atoms with Gasteiger partial charge in [-0.05, 0) is 0 Å². The maximum Gasteiger partial charge on any atom is 1.00 e. The van der Waals surface area contributed by atoms with E-state index in [1.165, 1.54) is 0 Å². The van der Waals surface area contributed by atoms with Crippen molar-refractivity contribution in [1.82, 2.24) is 0 Å². The van der Waals surface area contributed by atoms with Gasteiger partial charge in [-0.2, -0.15) is 0 Å². The van der Waals surface area contributed by atoms with Crippen LogP contribution < -0.4 is 103 Å². The number of hydrogen-bond acceptors (Lipinski definition) is 0. The van der Waals surface area contributed by atoms with Crippen molar-refractivity contribution < 1.29 is 103 Å². The summed E-state index contributed by atoms with van der Waals surface area (Å²) in [5, 5.41) is 0. The van der Waals surface area contributed by atoms with E-state index in [2.05, 4.69) is 13.5 Å². The molecular formula is C5H4K2. The van der Waals surface area contributed by atoms with Crippen LogP contribution in [0.5, 0.6) is 0 Å². The average Bonchev–Trinajstić information content (AvgIpc) is 1.38. The third-order valence-corrected chi connectivity index (χ3v) is 0.177. The normalized spacial score (nSPS) is 3.86. The van der Waals surface area contributed by atoms with E-state index in [9.17, 15) is 0 Å². The first-order valence-electron chi connectivity index (χ1n) is 1.21. The average molecular weight is 142 g/mol. The van der Waals surface area contributed by atoms with Crippen LogP contribution in [-0.2, 0) is 0 Å². The second-order valence-corrected chi connectivity index (χ2v) is 0.729. The Bertz CT molecular complexity index is 78.6. The molecule has 7 heavy (non-hydrogen) atoms. The first-order valence-corrected chi connectivity index (χ1v) is 1.21. The molecule has 0 atom stereocenters. The van der Waals surface area contributed by atoms with E-state index in [1.807, 2.05) is 5.92 Å². The van der Waals surface area contributed by atoms with E-state index in [0.717, 1.165) is 0 Å². The minimum atomic E-state index is 0. The summed E-state index contributed by atoms with van der Waals surface area (Å²) in [4.78, 5) is 0. The van der Waals surface area contributed by atoms with E-state index in [4.69, 9.17) is 6.42 Å². The molecule has 0 aliphatic carbocycles. The SMILES string of the molecule is [C-]#CC(=C)[CH2-].[K+].[K+]. The van der Waals surface area contributed by atoms with Crippen molar-refractivity contribution >= 4 is 0 Å². The second-order valence-electron chi connectivity index (χ2n) is 0.729. The minimum Gasteiger partial charge on any atom is -0.461 e. The topological polar surface area (TPSA) is 0 Å². The molecule has 0 unspecified atom stereocenters. The Morgan fingerprint density at radius 2 is 1.71 bits per heavy atom. The molecule has 0 aliphatic heterocycles. The maximum absolute atomic E-state index is 6.25. The van der Waals surface area contributed by atoms with Gasteiger partial charge in [0.2, 0.25) is 0 Å². The molecule has 26 valence electrons. The summed E-state index contributed by atoms with van der Waals surface area (Å²) in [7, 11) is 0. The Kier molecular flexibility index (Phi) is 26.1. The van der Waals surface area contributed by atoms with Crippen LogP contribution in [0, 0.1) is 19.3 Å². The first-order chi connectivity index (χ1) is 2.27.